The highest BCUT2D eigenvalue weighted by molar-refractivity contribution is 9.10. The summed E-state index contributed by atoms with van der Waals surface area (Å²) in [4.78, 5) is 19.8. The van der Waals surface area contributed by atoms with Crippen molar-refractivity contribution in [1.29, 1.82) is 0 Å². The van der Waals surface area contributed by atoms with Gasteiger partial charge < -0.3 is 10.3 Å². The first kappa shape index (κ1) is 17.0. The third kappa shape index (κ3) is 3.71. The number of carbonyl (C=O) groups excluding carboxylic acids is 1. The van der Waals surface area contributed by atoms with E-state index in [1.807, 2.05) is 48.5 Å². The van der Waals surface area contributed by atoms with E-state index in [9.17, 15) is 4.79 Å². The highest BCUT2D eigenvalue weighted by Gasteiger charge is 2.10. The van der Waals surface area contributed by atoms with Crippen LogP contribution in [0, 0.1) is 0 Å². The number of aromatic nitrogens is 4. The third-order valence-electron chi connectivity index (χ3n) is 3.79. The number of amides is 1. The van der Waals surface area contributed by atoms with E-state index in [4.69, 9.17) is 0 Å². The number of fused-ring (bicyclic) bond motifs is 3. The number of nitrogens with zero attached hydrogens (tertiary/aromatic N) is 3. The first-order valence-electron chi connectivity index (χ1n) is 7.98. The van der Waals surface area contributed by atoms with Crippen molar-refractivity contribution in [1.82, 2.24) is 20.2 Å². The minimum Gasteiger partial charge on any atom is -0.338 e. The van der Waals surface area contributed by atoms with E-state index in [2.05, 4.69) is 41.4 Å². The highest BCUT2D eigenvalue weighted by atomic mass is 79.9. The molecule has 4 rings (SSSR count). The molecule has 2 aromatic heterocycles. The normalized spacial score (nSPS) is 11.1. The van der Waals surface area contributed by atoms with Crippen molar-refractivity contribution >= 4 is 61.4 Å². The molecule has 0 fully saturated rings. The average Bonchev–Trinajstić information content (AvgIpc) is 3.01. The number of hydrogen-bond acceptors (Lipinski definition) is 5. The highest BCUT2D eigenvalue weighted by Crippen LogP contribution is 2.23. The van der Waals surface area contributed by atoms with E-state index in [1.54, 1.807) is 0 Å². The number of thioether (sulfide) groups is 1. The molecular formula is C18H14BrN5OS. The van der Waals surface area contributed by atoms with Gasteiger partial charge in [-0.3, -0.25) is 4.79 Å². The van der Waals surface area contributed by atoms with E-state index in [-0.39, 0.29) is 5.91 Å². The van der Waals surface area contributed by atoms with Crippen LogP contribution in [0.4, 0.5) is 5.69 Å². The first-order chi connectivity index (χ1) is 12.7. The molecule has 2 aromatic carbocycles. The standard InChI is InChI=1S/C18H14BrN5OS/c19-11-5-7-12(8-6-11)20-15(25)9-10-26-18-22-17-16(23-24-18)13-3-1-2-4-14(13)21-17/h1-8H,9-10H2,(H,20,25)(H,21,22,24). The Bertz CT molecular complexity index is 1080. The number of halogens is 1. The number of para-hydroxylation sites is 1. The number of benzene rings is 2. The van der Waals surface area contributed by atoms with Gasteiger partial charge in [-0.25, -0.2) is 4.98 Å². The van der Waals surface area contributed by atoms with Gasteiger partial charge in [-0.2, -0.15) is 0 Å². The second-order valence-corrected chi connectivity index (χ2v) is 7.59. The van der Waals surface area contributed by atoms with Crippen LogP contribution in [-0.4, -0.2) is 31.8 Å². The van der Waals surface area contributed by atoms with Gasteiger partial charge in [-0.05, 0) is 30.3 Å². The van der Waals surface area contributed by atoms with E-state index in [0.717, 1.165) is 26.6 Å². The summed E-state index contributed by atoms with van der Waals surface area (Å²) in [5.74, 6) is 0.537. The van der Waals surface area contributed by atoms with Crippen LogP contribution in [0.5, 0.6) is 0 Å². The Morgan fingerprint density at radius 3 is 2.77 bits per heavy atom. The smallest absolute Gasteiger partial charge is 0.225 e. The van der Waals surface area contributed by atoms with Gasteiger partial charge in [0.1, 0.15) is 5.52 Å². The third-order valence-corrected chi connectivity index (χ3v) is 5.16. The van der Waals surface area contributed by atoms with E-state index in [0.29, 0.717) is 23.0 Å². The van der Waals surface area contributed by atoms with Crippen molar-refractivity contribution < 1.29 is 4.79 Å². The first-order valence-corrected chi connectivity index (χ1v) is 9.76. The number of aromatic amines is 1. The molecule has 0 aliphatic carbocycles. The molecule has 0 atom stereocenters. The molecule has 2 heterocycles. The monoisotopic (exact) mass is 427 g/mol. The molecule has 0 radical (unpaired) electrons. The maximum absolute atomic E-state index is 12.0. The Labute approximate surface area is 161 Å². The molecule has 1 amide bonds. The summed E-state index contributed by atoms with van der Waals surface area (Å²) in [5.41, 5.74) is 3.24. The Balaban J connectivity index is 1.37. The summed E-state index contributed by atoms with van der Waals surface area (Å²) in [5, 5.41) is 12.9. The maximum Gasteiger partial charge on any atom is 0.225 e. The largest absolute Gasteiger partial charge is 0.338 e. The summed E-state index contributed by atoms with van der Waals surface area (Å²) in [6.07, 6.45) is 0.370. The number of rotatable bonds is 5. The Kier molecular flexibility index (Phi) is 4.85. The molecular weight excluding hydrogens is 414 g/mol. The molecule has 0 saturated heterocycles. The molecule has 6 nitrogen and oxygen atoms in total. The van der Waals surface area contributed by atoms with Crippen LogP contribution >= 0.6 is 27.7 Å². The van der Waals surface area contributed by atoms with Crippen molar-refractivity contribution in [2.75, 3.05) is 11.1 Å². The summed E-state index contributed by atoms with van der Waals surface area (Å²) >= 11 is 4.78. The maximum atomic E-state index is 12.0. The minimum absolute atomic E-state index is 0.0422. The van der Waals surface area contributed by atoms with Crippen molar-refractivity contribution in [2.24, 2.45) is 0 Å². The van der Waals surface area contributed by atoms with Gasteiger partial charge in [0.2, 0.25) is 11.1 Å². The molecule has 0 unspecified atom stereocenters. The molecule has 26 heavy (non-hydrogen) atoms. The lowest BCUT2D eigenvalue weighted by atomic mass is 10.2. The van der Waals surface area contributed by atoms with Crippen molar-refractivity contribution in [3.05, 3.63) is 53.0 Å². The Morgan fingerprint density at radius 1 is 1.12 bits per heavy atom. The molecule has 0 aliphatic rings. The van der Waals surface area contributed by atoms with Crippen LogP contribution < -0.4 is 5.32 Å². The van der Waals surface area contributed by atoms with E-state index >= 15 is 0 Å². The van der Waals surface area contributed by atoms with Gasteiger partial charge in [-0.1, -0.05) is 45.9 Å². The van der Waals surface area contributed by atoms with Gasteiger partial charge in [-0.15, -0.1) is 10.2 Å². The molecule has 0 spiro atoms. The lowest BCUT2D eigenvalue weighted by molar-refractivity contribution is -0.115. The van der Waals surface area contributed by atoms with E-state index < -0.39 is 0 Å². The minimum atomic E-state index is -0.0422. The van der Waals surface area contributed by atoms with Crippen LogP contribution in [0.2, 0.25) is 0 Å². The topological polar surface area (TPSA) is 83.6 Å². The number of H-pyrrole nitrogens is 1. The summed E-state index contributed by atoms with van der Waals surface area (Å²) in [7, 11) is 0. The van der Waals surface area contributed by atoms with Gasteiger partial charge in [0.15, 0.2) is 5.65 Å². The lowest BCUT2D eigenvalue weighted by Gasteiger charge is -2.04. The second-order valence-electron chi connectivity index (χ2n) is 5.62. The van der Waals surface area contributed by atoms with Crippen molar-refractivity contribution in [3.63, 3.8) is 0 Å². The van der Waals surface area contributed by atoms with Gasteiger partial charge in [0.25, 0.3) is 0 Å². The van der Waals surface area contributed by atoms with Crippen LogP contribution in [0.3, 0.4) is 0 Å². The molecule has 130 valence electrons. The lowest BCUT2D eigenvalue weighted by Crippen LogP contribution is -2.12. The molecule has 2 N–H and O–H groups in total. The fraction of sp³-hybridized carbons (Fsp3) is 0.111. The fourth-order valence-electron chi connectivity index (χ4n) is 2.56. The zero-order valence-corrected chi connectivity index (χ0v) is 16.0. The molecule has 0 saturated carbocycles. The number of anilines is 1. The Morgan fingerprint density at radius 2 is 1.92 bits per heavy atom. The Hall–Kier alpha value is -2.45. The fourth-order valence-corrected chi connectivity index (χ4v) is 3.55. The number of nitrogens with one attached hydrogen (secondary N) is 2. The molecule has 8 heteroatoms. The van der Waals surface area contributed by atoms with Gasteiger partial charge in [0.05, 0.1) is 0 Å². The summed E-state index contributed by atoms with van der Waals surface area (Å²) in [6, 6.07) is 15.4. The summed E-state index contributed by atoms with van der Waals surface area (Å²) < 4.78 is 0.975. The molecule has 0 bridgehead atoms. The number of carbonyl (C=O) groups is 1. The average molecular weight is 428 g/mol. The zero-order valence-electron chi connectivity index (χ0n) is 13.6. The van der Waals surface area contributed by atoms with Crippen molar-refractivity contribution in [2.45, 2.75) is 11.6 Å². The SMILES string of the molecule is O=C(CCSc1nnc2c(n1)[nH]c1ccccc12)Nc1ccc(Br)cc1. The predicted octanol–water partition coefficient (Wildman–Crippen LogP) is 4.39. The van der Waals surface area contributed by atoms with Crippen LogP contribution in [0.1, 0.15) is 6.42 Å². The molecule has 4 aromatic rings. The van der Waals surface area contributed by atoms with Crippen molar-refractivity contribution in [3.8, 4) is 0 Å². The van der Waals surface area contributed by atoms with Crippen LogP contribution in [-0.2, 0) is 4.79 Å². The van der Waals surface area contributed by atoms with Gasteiger partial charge in [0, 0.05) is 33.2 Å². The van der Waals surface area contributed by atoms with Gasteiger partial charge >= 0.3 is 0 Å². The molecule has 0 aliphatic heterocycles. The quantitative estimate of drug-likeness (QED) is 0.461. The van der Waals surface area contributed by atoms with Crippen LogP contribution in [0.25, 0.3) is 22.1 Å². The van der Waals surface area contributed by atoms with E-state index in [1.165, 1.54) is 11.8 Å². The predicted molar refractivity (Wildman–Crippen MR) is 107 cm³/mol. The van der Waals surface area contributed by atoms with Crippen LogP contribution in [0.15, 0.2) is 58.2 Å². The second kappa shape index (κ2) is 7.43. The zero-order chi connectivity index (χ0) is 17.9. The summed E-state index contributed by atoms with van der Waals surface area (Å²) in [6.45, 7) is 0. The number of hydrogen-bond donors (Lipinski definition) is 2.